The van der Waals surface area contributed by atoms with Crippen LogP contribution in [0.4, 0.5) is 18.9 Å². The highest BCUT2D eigenvalue weighted by molar-refractivity contribution is 5.78. The van der Waals surface area contributed by atoms with Crippen molar-refractivity contribution in [2.75, 3.05) is 5.32 Å². The summed E-state index contributed by atoms with van der Waals surface area (Å²) in [6.45, 7) is 5.10. The summed E-state index contributed by atoms with van der Waals surface area (Å²) >= 11 is 0. The van der Waals surface area contributed by atoms with E-state index in [1.54, 1.807) is 20.8 Å². The molecule has 0 amide bonds. The van der Waals surface area contributed by atoms with Crippen LogP contribution in [-0.4, -0.2) is 17.1 Å². The van der Waals surface area contributed by atoms with Gasteiger partial charge in [0.25, 0.3) is 0 Å². The zero-order chi connectivity index (χ0) is 14.8. The Bertz CT molecular complexity index is 464. The molecule has 6 heteroatoms. The van der Waals surface area contributed by atoms with E-state index in [-0.39, 0.29) is 5.69 Å². The lowest BCUT2D eigenvalue weighted by Gasteiger charge is -2.28. The van der Waals surface area contributed by atoms with Crippen LogP contribution in [0.3, 0.4) is 0 Å². The Morgan fingerprint density at radius 1 is 1.26 bits per heavy atom. The van der Waals surface area contributed by atoms with Gasteiger partial charge in [0.1, 0.15) is 6.04 Å². The summed E-state index contributed by atoms with van der Waals surface area (Å²) in [6.07, 6.45) is -4.45. The molecule has 0 aliphatic rings. The van der Waals surface area contributed by atoms with Crippen LogP contribution >= 0.6 is 0 Å². The van der Waals surface area contributed by atoms with Gasteiger partial charge in [0.05, 0.1) is 5.56 Å². The van der Waals surface area contributed by atoms with E-state index in [1.165, 1.54) is 12.1 Å². The Hall–Kier alpha value is -1.72. The number of benzene rings is 1. The molecule has 0 aliphatic heterocycles. The minimum absolute atomic E-state index is 0.136. The second-order valence-electron chi connectivity index (χ2n) is 5.36. The maximum absolute atomic E-state index is 12.6. The predicted octanol–water partition coefficient (Wildman–Crippen LogP) is 3.62. The van der Waals surface area contributed by atoms with Crippen LogP contribution in [0, 0.1) is 5.41 Å². The number of aliphatic carboxylic acids is 1. The number of hydrogen-bond donors (Lipinski definition) is 2. The number of nitrogens with one attached hydrogen (secondary N) is 1. The van der Waals surface area contributed by atoms with Crippen LogP contribution in [0.5, 0.6) is 0 Å². The molecule has 1 rings (SSSR count). The van der Waals surface area contributed by atoms with Gasteiger partial charge in [-0.25, -0.2) is 4.79 Å². The molecule has 1 atom stereocenters. The van der Waals surface area contributed by atoms with Gasteiger partial charge >= 0.3 is 12.1 Å². The number of rotatable bonds is 3. The first-order valence-corrected chi connectivity index (χ1v) is 5.68. The third-order valence-electron chi connectivity index (χ3n) is 2.61. The molecule has 2 N–H and O–H groups in total. The molecule has 0 saturated heterocycles. The zero-order valence-electron chi connectivity index (χ0n) is 10.9. The summed E-state index contributed by atoms with van der Waals surface area (Å²) in [5.41, 5.74) is -1.30. The van der Waals surface area contributed by atoms with Crippen LogP contribution in [-0.2, 0) is 11.0 Å². The summed E-state index contributed by atoms with van der Waals surface area (Å²) in [6, 6.07) is 3.53. The Morgan fingerprint density at radius 3 is 2.26 bits per heavy atom. The molecule has 1 aromatic rings. The Kier molecular flexibility index (Phi) is 4.12. The largest absolute Gasteiger partial charge is 0.480 e. The van der Waals surface area contributed by atoms with Crippen molar-refractivity contribution >= 4 is 11.7 Å². The summed E-state index contributed by atoms with van der Waals surface area (Å²) in [4.78, 5) is 11.1. The van der Waals surface area contributed by atoms with Gasteiger partial charge in [-0.15, -0.1) is 0 Å². The summed E-state index contributed by atoms with van der Waals surface area (Å²) < 4.78 is 37.7. The number of carbonyl (C=O) groups is 1. The van der Waals surface area contributed by atoms with Gasteiger partial charge in [0.2, 0.25) is 0 Å². The van der Waals surface area contributed by atoms with Crippen molar-refractivity contribution in [3.63, 3.8) is 0 Å². The van der Waals surface area contributed by atoms with Crippen LogP contribution in [0.1, 0.15) is 26.3 Å². The molecular weight excluding hydrogens is 259 g/mol. The molecule has 3 nitrogen and oxygen atoms in total. The lowest BCUT2D eigenvalue weighted by Crippen LogP contribution is -2.41. The average molecular weight is 275 g/mol. The highest BCUT2D eigenvalue weighted by Gasteiger charge is 2.33. The highest BCUT2D eigenvalue weighted by Crippen LogP contribution is 2.31. The first-order chi connectivity index (χ1) is 8.51. The van der Waals surface area contributed by atoms with E-state index in [2.05, 4.69) is 5.32 Å². The van der Waals surface area contributed by atoms with Crippen molar-refractivity contribution in [2.45, 2.75) is 33.0 Å². The van der Waals surface area contributed by atoms with E-state index in [9.17, 15) is 18.0 Å². The standard InChI is InChI=1S/C13H16F3NO2/c1-12(2,3)10(11(18)19)17-9-6-4-5-8(7-9)13(14,15)16/h4-7,10,17H,1-3H3,(H,18,19). The van der Waals surface area contributed by atoms with Crippen LogP contribution in [0.2, 0.25) is 0 Å². The highest BCUT2D eigenvalue weighted by atomic mass is 19.4. The van der Waals surface area contributed by atoms with E-state index in [0.717, 1.165) is 12.1 Å². The van der Waals surface area contributed by atoms with Crippen molar-refractivity contribution in [1.82, 2.24) is 0 Å². The lowest BCUT2D eigenvalue weighted by atomic mass is 9.86. The number of carboxylic acid groups (broad SMARTS) is 1. The Morgan fingerprint density at radius 2 is 1.84 bits per heavy atom. The maximum atomic E-state index is 12.6. The van der Waals surface area contributed by atoms with Gasteiger partial charge in [0.15, 0.2) is 0 Å². The molecule has 0 saturated carbocycles. The monoisotopic (exact) mass is 275 g/mol. The molecule has 0 fully saturated rings. The van der Waals surface area contributed by atoms with Crippen molar-refractivity contribution in [3.05, 3.63) is 29.8 Å². The van der Waals surface area contributed by atoms with Crippen molar-refractivity contribution in [1.29, 1.82) is 0 Å². The Balaban J connectivity index is 3.02. The third kappa shape index (κ3) is 4.15. The van der Waals surface area contributed by atoms with Crippen molar-refractivity contribution in [2.24, 2.45) is 5.41 Å². The Labute approximate surface area is 109 Å². The SMILES string of the molecule is CC(C)(C)C(Nc1cccc(C(F)(F)F)c1)C(=O)O. The normalized spacial score (nSPS) is 14.0. The van der Waals surface area contributed by atoms with Gasteiger partial charge in [-0.3, -0.25) is 0 Å². The predicted molar refractivity (Wildman–Crippen MR) is 65.9 cm³/mol. The van der Waals surface area contributed by atoms with E-state index in [0.29, 0.717) is 0 Å². The second kappa shape index (κ2) is 5.11. The number of alkyl halides is 3. The first-order valence-electron chi connectivity index (χ1n) is 5.68. The topological polar surface area (TPSA) is 49.3 Å². The lowest BCUT2D eigenvalue weighted by molar-refractivity contribution is -0.140. The van der Waals surface area contributed by atoms with Gasteiger partial charge in [-0.2, -0.15) is 13.2 Å². The van der Waals surface area contributed by atoms with Crippen LogP contribution in [0.25, 0.3) is 0 Å². The second-order valence-corrected chi connectivity index (χ2v) is 5.36. The fraction of sp³-hybridized carbons (Fsp3) is 0.462. The molecule has 106 valence electrons. The van der Waals surface area contributed by atoms with Crippen molar-refractivity contribution in [3.8, 4) is 0 Å². The molecule has 0 radical (unpaired) electrons. The van der Waals surface area contributed by atoms with Crippen LogP contribution < -0.4 is 5.32 Å². The zero-order valence-corrected chi connectivity index (χ0v) is 10.9. The number of halogens is 3. The van der Waals surface area contributed by atoms with E-state index in [4.69, 9.17) is 5.11 Å². The number of carboxylic acids is 1. The summed E-state index contributed by atoms with van der Waals surface area (Å²) in [5, 5.41) is 11.7. The van der Waals surface area contributed by atoms with E-state index in [1.807, 2.05) is 0 Å². The van der Waals surface area contributed by atoms with E-state index >= 15 is 0 Å². The fourth-order valence-corrected chi connectivity index (χ4v) is 1.60. The van der Waals surface area contributed by atoms with Gasteiger partial charge in [-0.1, -0.05) is 26.8 Å². The van der Waals surface area contributed by atoms with Gasteiger partial charge < -0.3 is 10.4 Å². The molecular formula is C13H16F3NO2. The van der Waals surface area contributed by atoms with Crippen LogP contribution in [0.15, 0.2) is 24.3 Å². The number of hydrogen-bond acceptors (Lipinski definition) is 2. The van der Waals surface area contributed by atoms with Gasteiger partial charge in [0, 0.05) is 5.69 Å². The first kappa shape index (κ1) is 15.3. The molecule has 0 bridgehead atoms. The third-order valence-corrected chi connectivity index (χ3v) is 2.61. The molecule has 0 aliphatic carbocycles. The quantitative estimate of drug-likeness (QED) is 0.885. The number of anilines is 1. The molecule has 1 unspecified atom stereocenters. The summed E-state index contributed by atoms with van der Waals surface area (Å²) in [7, 11) is 0. The molecule has 0 spiro atoms. The average Bonchev–Trinajstić information content (AvgIpc) is 2.23. The minimum Gasteiger partial charge on any atom is -0.480 e. The fourth-order valence-electron chi connectivity index (χ4n) is 1.60. The summed E-state index contributed by atoms with van der Waals surface area (Å²) in [5.74, 6) is -1.11. The van der Waals surface area contributed by atoms with Gasteiger partial charge in [-0.05, 0) is 23.6 Å². The minimum atomic E-state index is -4.45. The molecule has 1 aromatic carbocycles. The van der Waals surface area contributed by atoms with Crippen molar-refractivity contribution < 1.29 is 23.1 Å². The maximum Gasteiger partial charge on any atom is 0.416 e. The van der Waals surface area contributed by atoms with E-state index < -0.39 is 29.2 Å². The molecule has 0 heterocycles. The molecule has 19 heavy (non-hydrogen) atoms. The molecule has 0 aromatic heterocycles. The smallest absolute Gasteiger partial charge is 0.416 e.